The van der Waals surface area contributed by atoms with Crippen LogP contribution < -0.4 is 10.2 Å². The molecule has 2 rings (SSSR count). The van der Waals surface area contributed by atoms with Gasteiger partial charge in [-0.1, -0.05) is 0 Å². The number of nitrogens with one attached hydrogen (secondary N) is 1. The van der Waals surface area contributed by atoms with E-state index < -0.39 is 0 Å². The highest BCUT2D eigenvalue weighted by atomic mass is 16.5. The fraction of sp³-hybridized carbons (Fsp3) is 0.643. The first kappa shape index (κ1) is 13.1. The largest absolute Gasteiger partial charge is 0.381 e. The molecule has 0 unspecified atom stereocenters. The maximum atomic E-state index is 5.35. The standard InChI is InChI=1S/C14H23N3O/c1-3-17(4-2)14-6-5-13(11-15-14)16-12-7-9-18-10-8-12/h5-6,11-12,16H,3-4,7-10H2,1-2H3. The Bertz CT molecular complexity index is 343. The number of rotatable bonds is 5. The third-order valence-corrected chi connectivity index (χ3v) is 3.43. The fourth-order valence-electron chi connectivity index (χ4n) is 2.28. The van der Waals surface area contributed by atoms with Crippen LogP contribution in [-0.4, -0.2) is 37.3 Å². The molecule has 1 aliphatic heterocycles. The van der Waals surface area contributed by atoms with E-state index in [1.165, 1.54) is 0 Å². The maximum absolute atomic E-state index is 5.35. The molecule has 0 saturated carbocycles. The number of hydrogen-bond acceptors (Lipinski definition) is 4. The first-order valence-electron chi connectivity index (χ1n) is 6.88. The smallest absolute Gasteiger partial charge is 0.128 e. The second-order valence-corrected chi connectivity index (χ2v) is 4.61. The van der Waals surface area contributed by atoms with Crippen LogP contribution in [0.1, 0.15) is 26.7 Å². The molecule has 4 heteroatoms. The molecule has 1 saturated heterocycles. The first-order chi connectivity index (χ1) is 8.83. The Morgan fingerprint density at radius 3 is 2.56 bits per heavy atom. The molecule has 1 aromatic heterocycles. The van der Waals surface area contributed by atoms with Gasteiger partial charge >= 0.3 is 0 Å². The highest BCUT2D eigenvalue weighted by molar-refractivity contribution is 5.49. The van der Waals surface area contributed by atoms with Gasteiger partial charge in [-0.3, -0.25) is 0 Å². The van der Waals surface area contributed by atoms with E-state index in [0.29, 0.717) is 6.04 Å². The molecule has 1 fully saturated rings. The Morgan fingerprint density at radius 1 is 1.28 bits per heavy atom. The van der Waals surface area contributed by atoms with E-state index in [-0.39, 0.29) is 0 Å². The maximum Gasteiger partial charge on any atom is 0.128 e. The minimum Gasteiger partial charge on any atom is -0.381 e. The molecule has 18 heavy (non-hydrogen) atoms. The third-order valence-electron chi connectivity index (χ3n) is 3.43. The predicted octanol–water partition coefficient (Wildman–Crippen LogP) is 2.52. The molecule has 0 amide bonds. The lowest BCUT2D eigenvalue weighted by molar-refractivity contribution is 0.0904. The van der Waals surface area contributed by atoms with Crippen LogP contribution in [0.5, 0.6) is 0 Å². The Kier molecular flexibility index (Phi) is 4.81. The zero-order valence-corrected chi connectivity index (χ0v) is 11.4. The second kappa shape index (κ2) is 6.59. The highest BCUT2D eigenvalue weighted by Gasteiger charge is 2.13. The van der Waals surface area contributed by atoms with Crippen molar-refractivity contribution in [3.05, 3.63) is 18.3 Å². The minimum atomic E-state index is 0.528. The summed E-state index contributed by atoms with van der Waals surface area (Å²) >= 11 is 0. The van der Waals surface area contributed by atoms with Crippen molar-refractivity contribution in [3.63, 3.8) is 0 Å². The molecule has 0 spiro atoms. The summed E-state index contributed by atoms with van der Waals surface area (Å²) in [7, 11) is 0. The summed E-state index contributed by atoms with van der Waals surface area (Å²) in [5.41, 5.74) is 1.11. The van der Waals surface area contributed by atoms with Crippen molar-refractivity contribution in [3.8, 4) is 0 Å². The van der Waals surface area contributed by atoms with Gasteiger partial charge in [0.2, 0.25) is 0 Å². The van der Waals surface area contributed by atoms with Crippen LogP contribution in [-0.2, 0) is 4.74 Å². The number of pyridine rings is 1. The van der Waals surface area contributed by atoms with Crippen molar-refractivity contribution >= 4 is 11.5 Å². The third kappa shape index (κ3) is 3.35. The van der Waals surface area contributed by atoms with Crippen molar-refractivity contribution in [2.75, 3.05) is 36.5 Å². The summed E-state index contributed by atoms with van der Waals surface area (Å²) < 4.78 is 5.35. The number of ether oxygens (including phenoxy) is 1. The second-order valence-electron chi connectivity index (χ2n) is 4.61. The summed E-state index contributed by atoms with van der Waals surface area (Å²) in [6, 6.07) is 4.74. The Hall–Kier alpha value is -1.29. The molecular formula is C14H23N3O. The fourth-order valence-corrected chi connectivity index (χ4v) is 2.28. The van der Waals surface area contributed by atoms with Crippen molar-refractivity contribution in [1.82, 2.24) is 4.98 Å². The summed E-state index contributed by atoms with van der Waals surface area (Å²) in [4.78, 5) is 6.77. The molecule has 0 aromatic carbocycles. The van der Waals surface area contributed by atoms with E-state index in [2.05, 4.69) is 41.2 Å². The molecule has 0 atom stereocenters. The van der Waals surface area contributed by atoms with Gasteiger partial charge < -0.3 is 15.0 Å². The minimum absolute atomic E-state index is 0.528. The lowest BCUT2D eigenvalue weighted by Gasteiger charge is -2.24. The Balaban J connectivity index is 1.94. The molecule has 1 aromatic rings. The normalized spacial score (nSPS) is 16.6. The van der Waals surface area contributed by atoms with Crippen molar-refractivity contribution in [2.45, 2.75) is 32.7 Å². The van der Waals surface area contributed by atoms with Gasteiger partial charge in [-0.15, -0.1) is 0 Å². The summed E-state index contributed by atoms with van der Waals surface area (Å²) in [6.07, 6.45) is 4.10. The SMILES string of the molecule is CCN(CC)c1ccc(NC2CCOCC2)cn1. The molecule has 0 aliphatic carbocycles. The Labute approximate surface area is 109 Å². The molecule has 1 aliphatic rings. The van der Waals surface area contributed by atoms with E-state index in [1.54, 1.807) is 0 Å². The molecule has 0 radical (unpaired) electrons. The van der Waals surface area contributed by atoms with E-state index in [0.717, 1.165) is 50.7 Å². The summed E-state index contributed by atoms with van der Waals surface area (Å²) in [5, 5.41) is 3.52. The molecule has 0 bridgehead atoms. The summed E-state index contributed by atoms with van der Waals surface area (Å²) in [5.74, 6) is 1.05. The van der Waals surface area contributed by atoms with E-state index in [4.69, 9.17) is 4.74 Å². The van der Waals surface area contributed by atoms with Crippen LogP contribution in [0, 0.1) is 0 Å². The van der Waals surface area contributed by atoms with Crippen LogP contribution in [0.25, 0.3) is 0 Å². The van der Waals surface area contributed by atoms with Crippen molar-refractivity contribution < 1.29 is 4.74 Å². The highest BCUT2D eigenvalue weighted by Crippen LogP contribution is 2.17. The van der Waals surface area contributed by atoms with Crippen LogP contribution in [0.4, 0.5) is 11.5 Å². The zero-order valence-electron chi connectivity index (χ0n) is 11.4. The molecule has 100 valence electrons. The quantitative estimate of drug-likeness (QED) is 0.870. The lowest BCUT2D eigenvalue weighted by Crippen LogP contribution is -2.28. The van der Waals surface area contributed by atoms with Crippen molar-refractivity contribution in [2.24, 2.45) is 0 Å². The van der Waals surface area contributed by atoms with Gasteiger partial charge in [0, 0.05) is 32.3 Å². The van der Waals surface area contributed by atoms with Crippen molar-refractivity contribution in [1.29, 1.82) is 0 Å². The monoisotopic (exact) mass is 249 g/mol. The van der Waals surface area contributed by atoms with Gasteiger partial charge in [0.25, 0.3) is 0 Å². The van der Waals surface area contributed by atoms with Crippen LogP contribution in [0.15, 0.2) is 18.3 Å². The molecular weight excluding hydrogens is 226 g/mol. The van der Waals surface area contributed by atoms with Crippen LogP contribution in [0.3, 0.4) is 0 Å². The van der Waals surface area contributed by atoms with Gasteiger partial charge in [0.15, 0.2) is 0 Å². The molecule has 2 heterocycles. The molecule has 4 nitrogen and oxygen atoms in total. The lowest BCUT2D eigenvalue weighted by atomic mass is 10.1. The average molecular weight is 249 g/mol. The van der Waals surface area contributed by atoms with Crippen LogP contribution in [0.2, 0.25) is 0 Å². The number of nitrogens with zero attached hydrogens (tertiary/aromatic N) is 2. The number of aromatic nitrogens is 1. The predicted molar refractivity (Wildman–Crippen MR) is 75.3 cm³/mol. The number of hydrogen-bond donors (Lipinski definition) is 1. The van der Waals surface area contributed by atoms with E-state index >= 15 is 0 Å². The Morgan fingerprint density at radius 2 is 2.00 bits per heavy atom. The zero-order chi connectivity index (χ0) is 12.8. The van der Waals surface area contributed by atoms with Gasteiger partial charge in [-0.2, -0.15) is 0 Å². The topological polar surface area (TPSA) is 37.4 Å². The van der Waals surface area contributed by atoms with Gasteiger partial charge in [0.05, 0.1) is 11.9 Å². The average Bonchev–Trinajstić information content (AvgIpc) is 2.43. The molecule has 1 N–H and O–H groups in total. The van der Waals surface area contributed by atoms with Crippen LogP contribution >= 0.6 is 0 Å². The summed E-state index contributed by atoms with van der Waals surface area (Å²) in [6.45, 7) is 8.02. The van der Waals surface area contributed by atoms with E-state index in [9.17, 15) is 0 Å². The van der Waals surface area contributed by atoms with Gasteiger partial charge in [-0.05, 0) is 38.8 Å². The number of anilines is 2. The van der Waals surface area contributed by atoms with E-state index in [1.807, 2.05) is 6.20 Å². The first-order valence-corrected chi connectivity index (χ1v) is 6.88. The van der Waals surface area contributed by atoms with Gasteiger partial charge in [-0.25, -0.2) is 4.98 Å². The van der Waals surface area contributed by atoms with Gasteiger partial charge in [0.1, 0.15) is 5.82 Å².